The first kappa shape index (κ1) is 34.1. The van der Waals surface area contributed by atoms with E-state index in [1.165, 1.54) is 5.56 Å². The number of nitrogens with zero attached hydrogens (tertiary/aromatic N) is 2. The molecule has 0 N–H and O–H groups in total. The Labute approximate surface area is 276 Å². The van der Waals surface area contributed by atoms with Gasteiger partial charge >= 0.3 is 0 Å². The van der Waals surface area contributed by atoms with Gasteiger partial charge in [-0.25, -0.2) is 0 Å². The van der Waals surface area contributed by atoms with Gasteiger partial charge in [-0.15, -0.1) is 0 Å². The number of hydrogen-bond acceptors (Lipinski definition) is 4. The number of likely N-dealkylation sites (tertiary alicyclic amines) is 1. The molecule has 2 aromatic carbocycles. The monoisotopic (exact) mass is 743 g/mol. The fourth-order valence-electron chi connectivity index (χ4n) is 3.89. The van der Waals surface area contributed by atoms with Crippen LogP contribution in [0.1, 0.15) is 29.9 Å². The summed E-state index contributed by atoms with van der Waals surface area (Å²) in [6.45, 7) is 4.62. The summed E-state index contributed by atoms with van der Waals surface area (Å²) in [5.74, 6) is 0.701. The van der Waals surface area contributed by atoms with Gasteiger partial charge in [-0.2, -0.15) is 0 Å². The van der Waals surface area contributed by atoms with Crippen molar-refractivity contribution in [1.29, 1.82) is 0 Å². The Kier molecular flexibility index (Phi) is 18.2. The molecule has 0 spiro atoms. The smallest absolute Gasteiger partial charge is 0.123 e. The second-order valence-corrected chi connectivity index (χ2v) is 8.70. The Bertz CT molecular complexity index is 805. The van der Waals surface area contributed by atoms with E-state index in [4.69, 9.17) is 23.2 Å². The number of aldehydes is 1. The van der Waals surface area contributed by atoms with E-state index < -0.39 is 0 Å². The third-order valence-corrected chi connectivity index (χ3v) is 6.25. The zero-order chi connectivity index (χ0) is 21.5. The number of carbonyl (C=O) groups excluding carboxylic acids is 1. The first-order valence-electron chi connectivity index (χ1n) is 10.2. The van der Waals surface area contributed by atoms with Crippen LogP contribution in [0.4, 0.5) is 5.69 Å². The Hall–Kier alpha value is 1.14. The summed E-state index contributed by atoms with van der Waals surface area (Å²) < 4.78 is 4.25. The van der Waals surface area contributed by atoms with Crippen LogP contribution in [0.3, 0.4) is 0 Å². The number of piperidine rings is 1. The van der Waals surface area contributed by atoms with Crippen molar-refractivity contribution >= 4 is 35.2 Å². The van der Waals surface area contributed by atoms with E-state index in [0.29, 0.717) is 16.0 Å². The van der Waals surface area contributed by atoms with Gasteiger partial charge in [0.25, 0.3) is 0 Å². The van der Waals surface area contributed by atoms with Crippen molar-refractivity contribution in [2.24, 2.45) is 5.92 Å². The van der Waals surface area contributed by atoms with Gasteiger partial charge < -0.3 is 38.9 Å². The molecule has 0 amide bonds. The second kappa shape index (κ2) is 17.6. The van der Waals surface area contributed by atoms with Crippen molar-refractivity contribution in [3.05, 3.63) is 71.1 Å². The average Bonchev–Trinajstić information content (AvgIpc) is 2.71. The molecule has 8 heteroatoms. The second-order valence-electron chi connectivity index (χ2n) is 7.89. The van der Waals surface area contributed by atoms with Crippen LogP contribution in [0.5, 0.6) is 0 Å². The molecule has 33 heavy (non-hydrogen) atoms. The Morgan fingerprint density at radius 1 is 1.06 bits per heavy atom. The largest absolute Gasteiger partial charge is 0.388 e. The van der Waals surface area contributed by atoms with E-state index in [1.54, 1.807) is 14.2 Å². The number of para-hydroxylation sites is 1. The van der Waals surface area contributed by atoms with E-state index in [-0.39, 0.29) is 95.9 Å². The summed E-state index contributed by atoms with van der Waals surface area (Å²) in [5.41, 5.74) is 3.28. The minimum absolute atomic E-state index is 0. The van der Waals surface area contributed by atoms with E-state index in [0.717, 1.165) is 63.1 Å². The number of anilines is 1. The molecule has 2 aliphatic rings. The molecular formula is C25H31Cl2N2O2Pr2-3. The maximum atomic E-state index is 10.9. The quantitative estimate of drug-likeness (QED) is 0.307. The van der Waals surface area contributed by atoms with Crippen LogP contribution in [0.25, 0.3) is 0 Å². The molecule has 0 aliphatic carbocycles. The minimum atomic E-state index is 0. The van der Waals surface area contributed by atoms with Gasteiger partial charge in [0.05, 0.1) is 15.7 Å². The SMILES string of the molecule is COC.O=CC1CCN(Cc2[c-]cc(C3CN(c4c(Cl)cccc4Cl)C3)c[c-]2)CC1.[CH3-].[Pr].[Pr]. The van der Waals surface area contributed by atoms with E-state index >= 15 is 0 Å². The first-order valence-corrected chi connectivity index (χ1v) is 11.0. The minimum Gasteiger partial charge on any atom is -0.388 e. The van der Waals surface area contributed by atoms with Crippen molar-refractivity contribution < 1.29 is 92.1 Å². The van der Waals surface area contributed by atoms with Crippen LogP contribution in [0.2, 0.25) is 10.0 Å². The molecule has 2 fully saturated rings. The summed E-state index contributed by atoms with van der Waals surface area (Å²) in [6, 6.07) is 16.6. The third-order valence-electron chi connectivity index (χ3n) is 5.64. The number of ether oxygens (including phenoxy) is 1. The van der Waals surface area contributed by atoms with Crippen molar-refractivity contribution in [2.75, 3.05) is 45.3 Å². The molecule has 2 aromatic rings. The number of carbonyl (C=O) groups is 1. The molecule has 176 valence electrons. The summed E-state index contributed by atoms with van der Waals surface area (Å²) in [7, 11) is 3.25. The third kappa shape index (κ3) is 9.84. The van der Waals surface area contributed by atoms with Crippen LogP contribution >= 0.6 is 23.2 Å². The molecule has 0 atom stereocenters. The molecule has 0 unspecified atom stereocenters. The Balaban J connectivity index is 0.00000162. The summed E-state index contributed by atoms with van der Waals surface area (Å²) in [4.78, 5) is 15.5. The zero-order valence-corrected chi connectivity index (χ0v) is 28.6. The normalized spacial score (nSPS) is 16.2. The predicted molar refractivity (Wildman–Crippen MR) is 129 cm³/mol. The van der Waals surface area contributed by atoms with Crippen molar-refractivity contribution in [1.82, 2.24) is 4.90 Å². The van der Waals surface area contributed by atoms with Gasteiger partial charge in [-0.05, 0) is 44.6 Å². The summed E-state index contributed by atoms with van der Waals surface area (Å²) in [5, 5.41) is 1.40. The van der Waals surface area contributed by atoms with Crippen LogP contribution in [-0.4, -0.2) is 51.6 Å². The van der Waals surface area contributed by atoms with Crippen LogP contribution in [0.15, 0.2) is 30.3 Å². The van der Waals surface area contributed by atoms with E-state index in [2.05, 4.69) is 38.8 Å². The molecule has 0 aromatic heterocycles. The number of rotatable bonds is 5. The topological polar surface area (TPSA) is 32.8 Å². The van der Waals surface area contributed by atoms with Crippen LogP contribution in [-0.2, 0) is 16.1 Å². The summed E-state index contributed by atoms with van der Waals surface area (Å²) in [6.07, 6.45) is 3.02. The Morgan fingerprint density at radius 2 is 1.58 bits per heavy atom. The predicted octanol–water partition coefficient (Wildman–Crippen LogP) is 5.32. The molecule has 2 heterocycles. The van der Waals surface area contributed by atoms with Gasteiger partial charge in [0, 0.05) is 116 Å². The molecule has 4 rings (SSSR count). The standard InChI is InChI=1S/C22H22Cl2N2O.C2H6O.CH3.2Pr/c23-20-2-1-3-21(24)22(20)26-13-19(14-26)18-6-4-16(5-7-18)12-25-10-8-17(15-27)9-11-25;1-3-2;;;/h1-3,6-7,15,17,19H,8-14H2;1-2H3;1H3;;/q-2;;-1;;. The number of hydrogen-bond donors (Lipinski definition) is 0. The fraction of sp³-hybridized carbons (Fsp3) is 0.440. The maximum Gasteiger partial charge on any atom is 0.123 e. The summed E-state index contributed by atoms with van der Waals surface area (Å²) >= 11 is 12.6. The molecule has 0 saturated carbocycles. The molecule has 2 aliphatic heterocycles. The van der Waals surface area contributed by atoms with Gasteiger partial charge in [-0.1, -0.05) is 35.2 Å². The van der Waals surface area contributed by atoms with Gasteiger partial charge in [0.15, 0.2) is 0 Å². The van der Waals surface area contributed by atoms with E-state index in [1.807, 2.05) is 18.2 Å². The van der Waals surface area contributed by atoms with Crippen LogP contribution < -0.4 is 4.90 Å². The van der Waals surface area contributed by atoms with Gasteiger partial charge in [-0.3, -0.25) is 23.3 Å². The molecular weight excluding hydrogens is 713 g/mol. The average molecular weight is 744 g/mol. The van der Waals surface area contributed by atoms with Gasteiger partial charge in [0.1, 0.15) is 6.29 Å². The van der Waals surface area contributed by atoms with Crippen molar-refractivity contribution in [3.63, 3.8) is 0 Å². The number of benzene rings is 2. The maximum absolute atomic E-state index is 10.9. The van der Waals surface area contributed by atoms with Crippen molar-refractivity contribution in [2.45, 2.75) is 25.3 Å². The molecule has 2 saturated heterocycles. The number of halogens is 2. The van der Waals surface area contributed by atoms with E-state index in [9.17, 15) is 4.79 Å². The molecule has 2 radical (unpaired) electrons. The van der Waals surface area contributed by atoms with Crippen LogP contribution in [0, 0.1) is 108 Å². The first-order chi connectivity index (χ1) is 14.5. The Morgan fingerprint density at radius 3 is 2.06 bits per heavy atom. The molecule has 0 bridgehead atoms. The van der Waals surface area contributed by atoms with Gasteiger partial charge in [0.2, 0.25) is 0 Å². The van der Waals surface area contributed by atoms with Crippen molar-refractivity contribution in [3.8, 4) is 0 Å². The zero-order valence-electron chi connectivity index (χ0n) is 19.7. The number of methoxy groups -OCH3 is 1. The molecule has 4 nitrogen and oxygen atoms in total. The fourth-order valence-corrected chi connectivity index (χ4v) is 4.52.